The highest BCUT2D eigenvalue weighted by molar-refractivity contribution is 7.99. The number of methoxy groups -OCH3 is 2. The summed E-state index contributed by atoms with van der Waals surface area (Å²) in [5.74, 6) is 1.31. The van der Waals surface area contributed by atoms with Crippen molar-refractivity contribution in [2.24, 2.45) is 0 Å². The number of benzene rings is 1. The van der Waals surface area contributed by atoms with E-state index in [1.165, 1.54) is 7.11 Å². The standard InChI is InChI=1S/C13H16O3S/c1-10(13(14)16-3)8-9-17-12-6-4-11(15-2)5-7-12/h4-8H,9H2,1-3H3. The molecule has 0 aliphatic carbocycles. The summed E-state index contributed by atoms with van der Waals surface area (Å²) < 4.78 is 9.69. The van der Waals surface area contributed by atoms with E-state index < -0.39 is 0 Å². The van der Waals surface area contributed by atoms with Crippen molar-refractivity contribution in [3.8, 4) is 5.75 Å². The monoisotopic (exact) mass is 252 g/mol. The van der Waals surface area contributed by atoms with Crippen molar-refractivity contribution in [1.82, 2.24) is 0 Å². The van der Waals surface area contributed by atoms with Gasteiger partial charge in [-0.05, 0) is 31.2 Å². The van der Waals surface area contributed by atoms with Gasteiger partial charge in [-0.2, -0.15) is 0 Å². The first-order valence-electron chi connectivity index (χ1n) is 5.19. The maximum atomic E-state index is 11.1. The largest absolute Gasteiger partial charge is 0.497 e. The number of hydrogen-bond acceptors (Lipinski definition) is 4. The number of carbonyl (C=O) groups is 1. The molecular formula is C13H16O3S. The van der Waals surface area contributed by atoms with Crippen LogP contribution in [0.4, 0.5) is 0 Å². The molecule has 1 aromatic carbocycles. The highest BCUT2D eigenvalue weighted by Crippen LogP contribution is 2.21. The van der Waals surface area contributed by atoms with Crippen LogP contribution >= 0.6 is 11.8 Å². The maximum Gasteiger partial charge on any atom is 0.333 e. The van der Waals surface area contributed by atoms with Gasteiger partial charge >= 0.3 is 5.97 Å². The molecular weight excluding hydrogens is 236 g/mol. The highest BCUT2D eigenvalue weighted by Gasteiger charge is 2.01. The van der Waals surface area contributed by atoms with Gasteiger partial charge in [-0.15, -0.1) is 11.8 Å². The van der Waals surface area contributed by atoms with Crippen molar-refractivity contribution in [2.45, 2.75) is 11.8 Å². The molecule has 0 radical (unpaired) electrons. The predicted octanol–water partition coefficient (Wildman–Crippen LogP) is 2.91. The molecule has 1 aromatic rings. The molecule has 0 fully saturated rings. The zero-order valence-electron chi connectivity index (χ0n) is 10.2. The summed E-state index contributed by atoms with van der Waals surface area (Å²) in [6.45, 7) is 1.75. The van der Waals surface area contributed by atoms with Gasteiger partial charge in [0.1, 0.15) is 5.75 Å². The van der Waals surface area contributed by atoms with Gasteiger partial charge in [-0.25, -0.2) is 4.79 Å². The quantitative estimate of drug-likeness (QED) is 0.458. The Morgan fingerprint density at radius 1 is 1.29 bits per heavy atom. The molecule has 0 atom stereocenters. The van der Waals surface area contributed by atoms with E-state index in [-0.39, 0.29) is 5.97 Å². The van der Waals surface area contributed by atoms with E-state index in [1.54, 1.807) is 25.8 Å². The minimum atomic E-state index is -0.277. The molecule has 0 heterocycles. The second-order valence-corrected chi connectivity index (χ2v) is 4.46. The third-order valence-electron chi connectivity index (χ3n) is 2.21. The van der Waals surface area contributed by atoms with Crippen LogP contribution in [0.1, 0.15) is 6.92 Å². The number of carbonyl (C=O) groups excluding carboxylic acids is 1. The summed E-state index contributed by atoms with van der Waals surface area (Å²) >= 11 is 1.66. The van der Waals surface area contributed by atoms with Gasteiger partial charge in [-0.1, -0.05) is 6.08 Å². The molecule has 0 aliphatic rings. The predicted molar refractivity (Wildman–Crippen MR) is 69.5 cm³/mol. The number of rotatable bonds is 5. The van der Waals surface area contributed by atoms with E-state index in [9.17, 15) is 4.79 Å². The average Bonchev–Trinajstić information content (AvgIpc) is 2.38. The summed E-state index contributed by atoms with van der Waals surface area (Å²) in [6.07, 6.45) is 1.86. The molecule has 0 saturated carbocycles. The lowest BCUT2D eigenvalue weighted by molar-refractivity contribution is -0.136. The first-order chi connectivity index (χ1) is 8.17. The molecule has 0 bridgehead atoms. The molecule has 0 spiro atoms. The second-order valence-electron chi connectivity index (χ2n) is 3.37. The Bertz CT molecular complexity index is 396. The Kier molecular flexibility index (Phi) is 5.63. The maximum absolute atomic E-state index is 11.1. The van der Waals surface area contributed by atoms with Gasteiger partial charge in [-0.3, -0.25) is 0 Å². The number of thioether (sulfide) groups is 1. The number of esters is 1. The fourth-order valence-electron chi connectivity index (χ4n) is 1.18. The van der Waals surface area contributed by atoms with Crippen molar-refractivity contribution in [2.75, 3.05) is 20.0 Å². The highest BCUT2D eigenvalue weighted by atomic mass is 32.2. The summed E-state index contributed by atoms with van der Waals surface area (Å²) in [4.78, 5) is 12.3. The lowest BCUT2D eigenvalue weighted by Gasteiger charge is -2.02. The van der Waals surface area contributed by atoms with Crippen LogP contribution < -0.4 is 4.74 Å². The third kappa shape index (κ3) is 4.53. The molecule has 0 saturated heterocycles. The first-order valence-corrected chi connectivity index (χ1v) is 6.18. The summed E-state index contributed by atoms with van der Waals surface area (Å²) in [5.41, 5.74) is 0.633. The fourth-order valence-corrected chi connectivity index (χ4v) is 2.03. The molecule has 0 aromatic heterocycles. The van der Waals surface area contributed by atoms with Crippen molar-refractivity contribution < 1.29 is 14.3 Å². The lowest BCUT2D eigenvalue weighted by atomic mass is 10.3. The van der Waals surface area contributed by atoms with Crippen LogP contribution in [0.3, 0.4) is 0 Å². The lowest BCUT2D eigenvalue weighted by Crippen LogP contribution is -2.01. The summed E-state index contributed by atoms with van der Waals surface area (Å²) in [5, 5.41) is 0. The Balaban J connectivity index is 2.47. The number of ether oxygens (including phenoxy) is 2. The van der Waals surface area contributed by atoms with E-state index in [4.69, 9.17) is 4.74 Å². The van der Waals surface area contributed by atoms with E-state index in [0.29, 0.717) is 5.57 Å². The minimum absolute atomic E-state index is 0.277. The fraction of sp³-hybridized carbons (Fsp3) is 0.308. The van der Waals surface area contributed by atoms with Gasteiger partial charge < -0.3 is 9.47 Å². The second kappa shape index (κ2) is 7.01. The molecule has 0 N–H and O–H groups in total. The number of hydrogen-bond donors (Lipinski definition) is 0. The summed E-state index contributed by atoms with van der Waals surface area (Å²) in [6, 6.07) is 7.81. The third-order valence-corrected chi connectivity index (χ3v) is 3.15. The van der Waals surface area contributed by atoms with Crippen LogP contribution in [0.5, 0.6) is 5.75 Å². The van der Waals surface area contributed by atoms with Crippen LogP contribution in [-0.2, 0) is 9.53 Å². The Hall–Kier alpha value is -1.42. The van der Waals surface area contributed by atoms with Gasteiger partial charge in [0.15, 0.2) is 0 Å². The topological polar surface area (TPSA) is 35.5 Å². The van der Waals surface area contributed by atoms with Gasteiger partial charge in [0, 0.05) is 16.2 Å². The van der Waals surface area contributed by atoms with Gasteiger partial charge in [0.2, 0.25) is 0 Å². The van der Waals surface area contributed by atoms with E-state index in [0.717, 1.165) is 16.4 Å². The van der Waals surface area contributed by atoms with Gasteiger partial charge in [0.25, 0.3) is 0 Å². The van der Waals surface area contributed by atoms with Crippen molar-refractivity contribution in [1.29, 1.82) is 0 Å². The Morgan fingerprint density at radius 2 is 1.94 bits per heavy atom. The SMILES string of the molecule is COC(=O)C(C)=CCSc1ccc(OC)cc1. The van der Waals surface area contributed by atoms with Crippen LogP contribution in [0.2, 0.25) is 0 Å². The molecule has 3 nitrogen and oxygen atoms in total. The van der Waals surface area contributed by atoms with Crippen LogP contribution in [-0.4, -0.2) is 25.9 Å². The van der Waals surface area contributed by atoms with Crippen molar-refractivity contribution >= 4 is 17.7 Å². The molecule has 92 valence electrons. The Morgan fingerprint density at radius 3 is 2.47 bits per heavy atom. The van der Waals surface area contributed by atoms with E-state index in [1.807, 2.05) is 30.3 Å². The molecule has 0 amide bonds. The zero-order chi connectivity index (χ0) is 12.7. The van der Waals surface area contributed by atoms with Crippen LogP contribution in [0.25, 0.3) is 0 Å². The molecule has 1 rings (SSSR count). The van der Waals surface area contributed by atoms with Crippen molar-refractivity contribution in [3.63, 3.8) is 0 Å². The van der Waals surface area contributed by atoms with E-state index >= 15 is 0 Å². The van der Waals surface area contributed by atoms with Crippen molar-refractivity contribution in [3.05, 3.63) is 35.9 Å². The smallest absolute Gasteiger partial charge is 0.333 e. The summed E-state index contributed by atoms with van der Waals surface area (Å²) in [7, 11) is 3.03. The van der Waals surface area contributed by atoms with Crippen LogP contribution in [0, 0.1) is 0 Å². The Labute approximate surface area is 106 Å². The van der Waals surface area contributed by atoms with E-state index in [2.05, 4.69) is 4.74 Å². The molecule has 17 heavy (non-hydrogen) atoms. The molecule has 4 heteroatoms. The van der Waals surface area contributed by atoms with Crippen LogP contribution in [0.15, 0.2) is 40.8 Å². The normalized spacial score (nSPS) is 11.1. The molecule has 0 aliphatic heterocycles. The first kappa shape index (κ1) is 13.6. The zero-order valence-corrected chi connectivity index (χ0v) is 11.0. The van der Waals surface area contributed by atoms with Gasteiger partial charge in [0.05, 0.1) is 14.2 Å². The minimum Gasteiger partial charge on any atom is -0.497 e. The average molecular weight is 252 g/mol. The molecule has 0 unspecified atom stereocenters.